The van der Waals surface area contributed by atoms with Crippen LogP contribution in [0, 0.1) is 0 Å². The van der Waals surface area contributed by atoms with E-state index in [4.69, 9.17) is 4.74 Å². The van der Waals surface area contributed by atoms with E-state index in [-0.39, 0.29) is 11.2 Å². The molecule has 1 saturated carbocycles. The van der Waals surface area contributed by atoms with Crippen molar-refractivity contribution in [2.75, 3.05) is 12.4 Å². The number of benzene rings is 2. The number of rotatable bonds is 8. The molecule has 2 aromatic carbocycles. The van der Waals surface area contributed by atoms with Crippen LogP contribution in [0.5, 0.6) is 11.5 Å². The smallest absolute Gasteiger partial charge is 0.160 e. The number of aromatic nitrogens is 1. The highest BCUT2D eigenvalue weighted by Crippen LogP contribution is 2.54. The van der Waals surface area contributed by atoms with Crippen LogP contribution >= 0.6 is 0 Å². The molecule has 0 amide bonds. The summed E-state index contributed by atoms with van der Waals surface area (Å²) in [5, 5.41) is 13.3. The number of anilines is 1. The largest absolute Gasteiger partial charge is 0.504 e. The molecule has 0 unspecified atom stereocenters. The molecule has 1 heterocycles. The van der Waals surface area contributed by atoms with Gasteiger partial charge in [-0.05, 0) is 66.1 Å². The van der Waals surface area contributed by atoms with E-state index in [1.54, 1.807) is 13.2 Å². The number of allylic oxidation sites excluding steroid dienone is 1. The lowest BCUT2D eigenvalue weighted by Crippen LogP contribution is -2.17. The van der Waals surface area contributed by atoms with Crippen molar-refractivity contribution >= 4 is 5.82 Å². The number of phenolic OH excluding ortho intramolecular Hbond substituents is 1. The van der Waals surface area contributed by atoms with Gasteiger partial charge in [0.25, 0.3) is 0 Å². The fraction of sp³-hybridized carbons (Fsp3) is 0.269. The first kappa shape index (κ1) is 20.0. The zero-order chi connectivity index (χ0) is 21.1. The summed E-state index contributed by atoms with van der Waals surface area (Å²) in [6.45, 7) is 6.48. The first-order chi connectivity index (χ1) is 14.6. The van der Waals surface area contributed by atoms with Gasteiger partial charge in [0.15, 0.2) is 11.5 Å². The maximum absolute atomic E-state index is 9.89. The third-order valence-electron chi connectivity index (χ3n) is 6.06. The molecule has 0 radical (unpaired) electrons. The fourth-order valence-electron chi connectivity index (χ4n) is 4.04. The van der Waals surface area contributed by atoms with Gasteiger partial charge in [-0.25, -0.2) is 4.98 Å². The number of hydrogen-bond acceptors (Lipinski definition) is 4. The number of phenols is 1. The number of methoxy groups -OCH3 is 1. The molecule has 1 aromatic heterocycles. The van der Waals surface area contributed by atoms with Crippen LogP contribution in [0.1, 0.15) is 42.0 Å². The van der Waals surface area contributed by atoms with Gasteiger partial charge in [0.1, 0.15) is 5.82 Å². The first-order valence-corrected chi connectivity index (χ1v) is 10.4. The third kappa shape index (κ3) is 3.90. The van der Waals surface area contributed by atoms with Crippen molar-refractivity contribution in [2.45, 2.75) is 38.0 Å². The average Bonchev–Trinajstić information content (AvgIpc) is 3.58. The van der Waals surface area contributed by atoms with E-state index >= 15 is 0 Å². The van der Waals surface area contributed by atoms with Crippen molar-refractivity contribution in [3.63, 3.8) is 0 Å². The predicted molar refractivity (Wildman–Crippen MR) is 121 cm³/mol. The molecule has 2 N–H and O–H groups in total. The monoisotopic (exact) mass is 400 g/mol. The quantitative estimate of drug-likeness (QED) is 0.516. The van der Waals surface area contributed by atoms with Crippen LogP contribution in [-0.2, 0) is 18.3 Å². The van der Waals surface area contributed by atoms with Crippen molar-refractivity contribution in [1.29, 1.82) is 0 Å². The topological polar surface area (TPSA) is 54.4 Å². The van der Waals surface area contributed by atoms with Crippen LogP contribution in [0.25, 0.3) is 0 Å². The van der Waals surface area contributed by atoms with E-state index < -0.39 is 0 Å². The summed E-state index contributed by atoms with van der Waals surface area (Å²) in [5.41, 5.74) is 5.81. The van der Waals surface area contributed by atoms with Gasteiger partial charge in [-0.15, -0.1) is 0 Å². The molecule has 154 valence electrons. The molecule has 1 fully saturated rings. The Morgan fingerprint density at radius 2 is 1.90 bits per heavy atom. The SMILES string of the molecule is C=C(Nc1ccc(Cc2ccccc2CC)cn1)C1(c2ccc(O)c(OC)c2)CC1. The Bertz CT molecular complexity index is 1050. The molecule has 0 saturated heterocycles. The van der Waals surface area contributed by atoms with Crippen LogP contribution in [0.15, 0.2) is 73.1 Å². The van der Waals surface area contributed by atoms with Crippen molar-refractivity contribution in [3.8, 4) is 11.5 Å². The highest BCUT2D eigenvalue weighted by molar-refractivity contribution is 5.54. The highest BCUT2D eigenvalue weighted by Gasteiger charge is 2.47. The lowest BCUT2D eigenvalue weighted by Gasteiger charge is -2.21. The van der Waals surface area contributed by atoms with Gasteiger partial charge in [0, 0.05) is 17.3 Å². The molecule has 4 nitrogen and oxygen atoms in total. The normalized spacial score (nSPS) is 14.2. The van der Waals surface area contributed by atoms with Gasteiger partial charge in [0.05, 0.1) is 7.11 Å². The minimum absolute atomic E-state index is 0.138. The molecule has 4 rings (SSSR count). The van der Waals surface area contributed by atoms with Gasteiger partial charge < -0.3 is 15.2 Å². The van der Waals surface area contributed by atoms with Gasteiger partial charge in [0.2, 0.25) is 0 Å². The summed E-state index contributed by atoms with van der Waals surface area (Å²) in [6, 6.07) is 18.2. The molecular weight excluding hydrogens is 372 g/mol. The molecule has 3 aromatic rings. The van der Waals surface area contributed by atoms with Gasteiger partial charge in [-0.1, -0.05) is 49.9 Å². The Balaban J connectivity index is 1.46. The molecule has 30 heavy (non-hydrogen) atoms. The second-order valence-electron chi connectivity index (χ2n) is 7.92. The van der Waals surface area contributed by atoms with Gasteiger partial charge in [-0.3, -0.25) is 0 Å². The Kier molecular flexibility index (Phi) is 5.49. The van der Waals surface area contributed by atoms with Gasteiger partial charge in [-0.2, -0.15) is 0 Å². The number of ether oxygens (including phenoxy) is 1. The summed E-state index contributed by atoms with van der Waals surface area (Å²) >= 11 is 0. The highest BCUT2D eigenvalue weighted by atomic mass is 16.5. The van der Waals surface area contributed by atoms with Crippen molar-refractivity contribution in [3.05, 3.63) is 95.3 Å². The lowest BCUT2D eigenvalue weighted by atomic mass is 9.92. The van der Waals surface area contributed by atoms with Crippen LogP contribution in [-0.4, -0.2) is 17.2 Å². The van der Waals surface area contributed by atoms with Crippen LogP contribution in [0.2, 0.25) is 0 Å². The summed E-state index contributed by atoms with van der Waals surface area (Å²) in [5.74, 6) is 1.43. The number of aromatic hydroxyl groups is 1. The number of aryl methyl sites for hydroxylation is 1. The zero-order valence-electron chi connectivity index (χ0n) is 17.6. The van der Waals surface area contributed by atoms with Gasteiger partial charge >= 0.3 is 0 Å². The first-order valence-electron chi connectivity index (χ1n) is 10.4. The summed E-state index contributed by atoms with van der Waals surface area (Å²) in [7, 11) is 1.57. The summed E-state index contributed by atoms with van der Waals surface area (Å²) < 4.78 is 5.27. The minimum Gasteiger partial charge on any atom is -0.504 e. The molecule has 4 heteroatoms. The molecule has 0 atom stereocenters. The molecule has 0 bridgehead atoms. The van der Waals surface area contributed by atoms with E-state index in [2.05, 4.69) is 54.1 Å². The fourth-order valence-corrected chi connectivity index (χ4v) is 4.04. The molecule has 0 aliphatic heterocycles. The molecule has 0 spiro atoms. The number of pyridine rings is 1. The summed E-state index contributed by atoms with van der Waals surface area (Å²) in [6.07, 6.45) is 5.88. The van der Waals surface area contributed by atoms with Crippen LogP contribution < -0.4 is 10.1 Å². The average molecular weight is 401 g/mol. The van der Waals surface area contributed by atoms with E-state index in [1.807, 2.05) is 24.4 Å². The van der Waals surface area contributed by atoms with E-state index in [0.29, 0.717) is 5.75 Å². The minimum atomic E-state index is -0.138. The van der Waals surface area contributed by atoms with E-state index in [1.165, 1.54) is 16.7 Å². The Morgan fingerprint density at radius 1 is 1.13 bits per heavy atom. The molecule has 1 aliphatic carbocycles. The van der Waals surface area contributed by atoms with Crippen molar-refractivity contribution in [2.24, 2.45) is 0 Å². The van der Waals surface area contributed by atoms with E-state index in [9.17, 15) is 5.11 Å². The second-order valence-corrected chi connectivity index (χ2v) is 7.92. The Labute approximate surface area is 178 Å². The summed E-state index contributed by atoms with van der Waals surface area (Å²) in [4.78, 5) is 4.62. The maximum Gasteiger partial charge on any atom is 0.160 e. The number of nitrogens with zero attached hydrogens (tertiary/aromatic N) is 1. The molecule has 1 aliphatic rings. The third-order valence-corrected chi connectivity index (χ3v) is 6.06. The van der Waals surface area contributed by atoms with Crippen LogP contribution in [0.4, 0.5) is 5.82 Å². The lowest BCUT2D eigenvalue weighted by molar-refractivity contribution is 0.372. The zero-order valence-corrected chi connectivity index (χ0v) is 17.6. The number of hydrogen-bond donors (Lipinski definition) is 2. The Hall–Kier alpha value is -3.27. The molecular formula is C26H28N2O2. The van der Waals surface area contributed by atoms with Crippen LogP contribution in [0.3, 0.4) is 0 Å². The Morgan fingerprint density at radius 3 is 2.53 bits per heavy atom. The standard InChI is InChI=1S/C26H28N2O2/c1-4-20-7-5-6-8-21(20)15-19-9-12-25(27-17-19)28-18(2)26(13-14-26)22-10-11-23(29)24(16-22)30-3/h5-12,16-17,29H,2,4,13-15H2,1,3H3,(H,27,28). The second kappa shape index (κ2) is 8.23. The van der Waals surface area contributed by atoms with E-state index in [0.717, 1.165) is 42.8 Å². The maximum atomic E-state index is 9.89. The predicted octanol–water partition coefficient (Wildman–Crippen LogP) is 5.61. The van der Waals surface area contributed by atoms with Crippen molar-refractivity contribution in [1.82, 2.24) is 4.98 Å². The number of nitrogens with one attached hydrogen (secondary N) is 1. The van der Waals surface area contributed by atoms with Crippen molar-refractivity contribution < 1.29 is 9.84 Å².